The smallest absolute Gasteiger partial charge is 0.225 e. The third kappa shape index (κ3) is 5.73. The lowest BCUT2D eigenvalue weighted by Crippen LogP contribution is -2.42. The summed E-state index contributed by atoms with van der Waals surface area (Å²) < 4.78 is 11.6. The molecule has 0 saturated carbocycles. The molecule has 2 bridgehead atoms. The normalized spacial score (nSPS) is 18.1. The third-order valence-electron chi connectivity index (χ3n) is 5.69. The molecule has 0 unspecified atom stereocenters. The summed E-state index contributed by atoms with van der Waals surface area (Å²) in [5, 5.41) is 0. The third-order valence-corrected chi connectivity index (χ3v) is 5.69. The fraction of sp³-hybridized carbons (Fsp3) is 0.542. The van der Waals surface area contributed by atoms with Crippen LogP contribution in [0.25, 0.3) is 0 Å². The van der Waals surface area contributed by atoms with Gasteiger partial charge in [0.25, 0.3) is 0 Å². The van der Waals surface area contributed by atoms with Crippen molar-refractivity contribution in [2.45, 2.75) is 32.1 Å². The standard InChI is InChI=1S/C24H33N5O2/c1-28(2)24-26-18-21-22(27-24)10-9-19-7-6-8-20(17-19)31-14-5-3-4-11-25-23(21)29-12-15-30-16-13-29/h6-8,17-18H,3-5,9-16H2,1-2H3. The van der Waals surface area contributed by atoms with Gasteiger partial charge in [-0.1, -0.05) is 12.1 Å². The van der Waals surface area contributed by atoms with Gasteiger partial charge in [-0.3, -0.25) is 4.99 Å². The molecule has 3 heterocycles. The number of ether oxygens (including phenoxy) is 2. The maximum Gasteiger partial charge on any atom is 0.225 e. The SMILES string of the molecule is CN(C)c1ncc2c(n1)CCc1cccc(c1)OCCCCCN=C2N1CCOCC1. The van der Waals surface area contributed by atoms with Crippen molar-refractivity contribution in [2.24, 2.45) is 4.99 Å². The Morgan fingerprint density at radius 1 is 1.00 bits per heavy atom. The van der Waals surface area contributed by atoms with Gasteiger partial charge in [-0.05, 0) is 49.8 Å². The topological polar surface area (TPSA) is 63.1 Å². The lowest BCUT2D eigenvalue weighted by molar-refractivity contribution is 0.0681. The van der Waals surface area contributed by atoms with Crippen molar-refractivity contribution in [1.29, 1.82) is 0 Å². The molecule has 1 aromatic carbocycles. The van der Waals surface area contributed by atoms with E-state index >= 15 is 0 Å². The Bertz CT molecular complexity index is 893. The van der Waals surface area contributed by atoms with E-state index in [1.807, 2.05) is 31.3 Å². The highest BCUT2D eigenvalue weighted by atomic mass is 16.5. The summed E-state index contributed by atoms with van der Waals surface area (Å²) in [7, 11) is 3.96. The van der Waals surface area contributed by atoms with Crippen molar-refractivity contribution in [2.75, 3.05) is 58.5 Å². The number of aliphatic imine (C=N–C) groups is 1. The zero-order valence-electron chi connectivity index (χ0n) is 18.7. The summed E-state index contributed by atoms with van der Waals surface area (Å²) >= 11 is 0. The molecule has 0 aliphatic carbocycles. The number of nitrogens with zero attached hydrogens (tertiary/aromatic N) is 5. The van der Waals surface area contributed by atoms with E-state index < -0.39 is 0 Å². The van der Waals surface area contributed by atoms with Gasteiger partial charge in [0, 0.05) is 39.9 Å². The summed E-state index contributed by atoms with van der Waals surface area (Å²) in [6, 6.07) is 8.44. The molecule has 0 N–H and O–H groups in total. The molecule has 7 nitrogen and oxygen atoms in total. The van der Waals surface area contributed by atoms with Gasteiger partial charge in [0.05, 0.1) is 31.1 Å². The number of benzene rings is 1. The van der Waals surface area contributed by atoms with Gasteiger partial charge in [-0.15, -0.1) is 0 Å². The van der Waals surface area contributed by atoms with Crippen molar-refractivity contribution < 1.29 is 9.47 Å². The number of morpholine rings is 1. The quantitative estimate of drug-likeness (QED) is 0.703. The lowest BCUT2D eigenvalue weighted by atomic mass is 10.0. The van der Waals surface area contributed by atoms with E-state index in [1.54, 1.807) is 0 Å². The number of hydrogen-bond acceptors (Lipinski definition) is 7. The molecule has 0 spiro atoms. The molecule has 1 saturated heterocycles. The molecule has 2 aliphatic heterocycles. The largest absolute Gasteiger partial charge is 0.494 e. The molecule has 2 aliphatic rings. The molecular formula is C24H33N5O2. The second-order valence-corrected chi connectivity index (χ2v) is 8.29. The Hall–Kier alpha value is -2.67. The molecule has 7 heteroatoms. The fourth-order valence-corrected chi connectivity index (χ4v) is 3.95. The molecular weight excluding hydrogens is 390 g/mol. The first-order valence-electron chi connectivity index (χ1n) is 11.3. The number of fused-ring (bicyclic) bond motifs is 3. The molecule has 4 rings (SSSR count). The zero-order valence-corrected chi connectivity index (χ0v) is 18.7. The second-order valence-electron chi connectivity index (χ2n) is 8.29. The monoisotopic (exact) mass is 423 g/mol. The van der Waals surface area contributed by atoms with Gasteiger partial charge in [-0.25, -0.2) is 9.97 Å². The van der Waals surface area contributed by atoms with Crippen LogP contribution >= 0.6 is 0 Å². The number of aromatic nitrogens is 2. The van der Waals surface area contributed by atoms with E-state index in [-0.39, 0.29) is 0 Å². The van der Waals surface area contributed by atoms with Gasteiger partial charge in [0.1, 0.15) is 11.6 Å². The number of rotatable bonds is 1. The van der Waals surface area contributed by atoms with Gasteiger partial charge < -0.3 is 19.3 Å². The van der Waals surface area contributed by atoms with E-state index in [1.165, 1.54) is 5.56 Å². The second kappa shape index (κ2) is 10.6. The Kier molecular flexibility index (Phi) is 7.35. The van der Waals surface area contributed by atoms with E-state index in [2.05, 4.69) is 28.1 Å². The maximum atomic E-state index is 5.97. The highest BCUT2D eigenvalue weighted by molar-refractivity contribution is 5.99. The van der Waals surface area contributed by atoms with Crippen LogP contribution in [0.1, 0.15) is 36.1 Å². The van der Waals surface area contributed by atoms with Crippen LogP contribution in [0.4, 0.5) is 5.95 Å². The predicted octanol–water partition coefficient (Wildman–Crippen LogP) is 2.97. The fourth-order valence-electron chi connectivity index (χ4n) is 3.95. The number of aryl methyl sites for hydroxylation is 2. The highest BCUT2D eigenvalue weighted by Crippen LogP contribution is 2.20. The van der Waals surface area contributed by atoms with E-state index in [0.717, 1.165) is 100 Å². The Morgan fingerprint density at radius 2 is 1.87 bits per heavy atom. The van der Waals surface area contributed by atoms with Gasteiger partial charge >= 0.3 is 0 Å². The van der Waals surface area contributed by atoms with Crippen molar-refractivity contribution in [3.05, 3.63) is 47.3 Å². The summed E-state index contributed by atoms with van der Waals surface area (Å²) in [6.45, 7) is 4.72. The number of amidine groups is 1. The molecule has 2 aromatic rings. The summed E-state index contributed by atoms with van der Waals surface area (Å²) in [4.78, 5) is 18.9. The van der Waals surface area contributed by atoms with Crippen LogP contribution in [-0.4, -0.2) is 74.3 Å². The van der Waals surface area contributed by atoms with Crippen LogP contribution in [0.15, 0.2) is 35.5 Å². The predicted molar refractivity (Wildman–Crippen MR) is 123 cm³/mol. The first-order valence-corrected chi connectivity index (χ1v) is 11.3. The van der Waals surface area contributed by atoms with E-state index in [4.69, 9.17) is 19.5 Å². The molecule has 0 amide bonds. The van der Waals surface area contributed by atoms with Crippen molar-refractivity contribution in [3.63, 3.8) is 0 Å². The molecule has 1 fully saturated rings. The summed E-state index contributed by atoms with van der Waals surface area (Å²) in [5.41, 5.74) is 3.35. The minimum Gasteiger partial charge on any atom is -0.494 e. The average molecular weight is 424 g/mol. The van der Waals surface area contributed by atoms with Gasteiger partial charge in [0.15, 0.2) is 0 Å². The molecule has 31 heavy (non-hydrogen) atoms. The minimum absolute atomic E-state index is 0.731. The summed E-state index contributed by atoms with van der Waals surface area (Å²) in [6.07, 6.45) is 6.86. The molecule has 0 radical (unpaired) electrons. The Balaban J connectivity index is 1.71. The van der Waals surface area contributed by atoms with Crippen LogP contribution in [0.5, 0.6) is 5.75 Å². The van der Waals surface area contributed by atoms with Crippen LogP contribution < -0.4 is 9.64 Å². The molecule has 0 atom stereocenters. The minimum atomic E-state index is 0.731. The highest BCUT2D eigenvalue weighted by Gasteiger charge is 2.21. The zero-order chi connectivity index (χ0) is 21.5. The van der Waals surface area contributed by atoms with Crippen molar-refractivity contribution in [3.8, 4) is 5.75 Å². The summed E-state index contributed by atoms with van der Waals surface area (Å²) in [5.74, 6) is 2.70. The Labute approximate surface area is 185 Å². The van der Waals surface area contributed by atoms with Crippen LogP contribution in [0.3, 0.4) is 0 Å². The first kappa shape index (κ1) is 21.6. The van der Waals surface area contributed by atoms with Gasteiger partial charge in [-0.2, -0.15) is 0 Å². The maximum absolute atomic E-state index is 5.97. The van der Waals surface area contributed by atoms with E-state index in [0.29, 0.717) is 0 Å². The Morgan fingerprint density at radius 3 is 2.71 bits per heavy atom. The lowest BCUT2D eigenvalue weighted by Gasteiger charge is -2.31. The molecule has 1 aromatic heterocycles. The van der Waals surface area contributed by atoms with Crippen molar-refractivity contribution >= 4 is 11.8 Å². The molecule has 166 valence electrons. The number of hydrogen-bond donors (Lipinski definition) is 0. The average Bonchev–Trinajstić information content (AvgIpc) is 2.80. The first-order chi connectivity index (χ1) is 15.2. The van der Waals surface area contributed by atoms with Crippen molar-refractivity contribution in [1.82, 2.24) is 14.9 Å². The van der Waals surface area contributed by atoms with Crippen LogP contribution in [0, 0.1) is 0 Å². The van der Waals surface area contributed by atoms with E-state index in [9.17, 15) is 0 Å². The number of anilines is 1. The van der Waals surface area contributed by atoms with Crippen LogP contribution in [0.2, 0.25) is 0 Å². The van der Waals surface area contributed by atoms with Crippen LogP contribution in [-0.2, 0) is 17.6 Å². The van der Waals surface area contributed by atoms with Gasteiger partial charge in [0.2, 0.25) is 5.95 Å².